The quantitative estimate of drug-likeness (QED) is 0.657. The smallest absolute Gasteiger partial charge is 0.0518 e. The minimum atomic E-state index is 0.380. The molecule has 17 heavy (non-hydrogen) atoms. The second-order valence-corrected chi connectivity index (χ2v) is 5.79. The van der Waals surface area contributed by atoms with Crippen LogP contribution in [0.2, 0.25) is 0 Å². The van der Waals surface area contributed by atoms with Crippen molar-refractivity contribution in [3.63, 3.8) is 0 Å². The predicted octanol–water partition coefficient (Wildman–Crippen LogP) is 2.02. The van der Waals surface area contributed by atoms with E-state index in [1.807, 2.05) is 0 Å². The van der Waals surface area contributed by atoms with E-state index in [4.69, 9.17) is 4.74 Å². The fraction of sp³-hybridized carbons (Fsp3) is 1.00. The lowest BCUT2D eigenvalue weighted by Gasteiger charge is -2.15. The van der Waals surface area contributed by atoms with E-state index in [9.17, 15) is 0 Å². The number of nitrogens with one attached hydrogen (secondary N) is 1. The number of rotatable bonds is 8. The third-order valence-corrected chi connectivity index (χ3v) is 3.74. The Balaban J connectivity index is 1.43. The summed E-state index contributed by atoms with van der Waals surface area (Å²) in [6.45, 7) is 8.88. The molecule has 2 fully saturated rings. The Morgan fingerprint density at radius 3 is 2.76 bits per heavy atom. The normalized spacial score (nSPS) is 25.9. The van der Waals surface area contributed by atoms with E-state index in [0.29, 0.717) is 6.10 Å². The molecule has 1 saturated carbocycles. The summed E-state index contributed by atoms with van der Waals surface area (Å²) in [7, 11) is 0. The van der Waals surface area contributed by atoms with Crippen molar-refractivity contribution in [2.75, 3.05) is 26.2 Å². The van der Waals surface area contributed by atoms with Crippen LogP contribution in [-0.2, 0) is 4.74 Å². The molecule has 1 saturated heterocycles. The molecule has 0 amide bonds. The average molecular weight is 240 g/mol. The third-order valence-electron chi connectivity index (χ3n) is 3.74. The van der Waals surface area contributed by atoms with Gasteiger partial charge in [-0.05, 0) is 52.5 Å². The monoisotopic (exact) mass is 240 g/mol. The van der Waals surface area contributed by atoms with Gasteiger partial charge in [0.1, 0.15) is 0 Å². The summed E-state index contributed by atoms with van der Waals surface area (Å²) >= 11 is 0. The molecule has 0 spiro atoms. The predicted molar refractivity (Wildman–Crippen MR) is 71.3 cm³/mol. The van der Waals surface area contributed by atoms with Crippen LogP contribution in [0.4, 0.5) is 0 Å². The maximum atomic E-state index is 5.53. The van der Waals surface area contributed by atoms with Crippen LogP contribution in [0.25, 0.3) is 0 Å². The van der Waals surface area contributed by atoms with Crippen LogP contribution in [0.3, 0.4) is 0 Å². The number of likely N-dealkylation sites (tertiary alicyclic amines) is 1. The summed E-state index contributed by atoms with van der Waals surface area (Å²) in [5.74, 6) is 0. The molecule has 0 aromatic carbocycles. The van der Waals surface area contributed by atoms with Crippen molar-refractivity contribution in [2.24, 2.45) is 0 Å². The summed E-state index contributed by atoms with van der Waals surface area (Å²) in [6.07, 6.45) is 7.04. The van der Waals surface area contributed by atoms with Crippen LogP contribution in [0.5, 0.6) is 0 Å². The fourth-order valence-corrected chi connectivity index (χ4v) is 2.58. The maximum absolute atomic E-state index is 5.53. The molecule has 100 valence electrons. The molecule has 0 aromatic heterocycles. The van der Waals surface area contributed by atoms with Gasteiger partial charge in [-0.1, -0.05) is 0 Å². The minimum Gasteiger partial charge on any atom is -0.379 e. The van der Waals surface area contributed by atoms with E-state index in [-0.39, 0.29) is 0 Å². The van der Waals surface area contributed by atoms with E-state index in [2.05, 4.69) is 24.1 Å². The molecular weight excluding hydrogens is 212 g/mol. The summed E-state index contributed by atoms with van der Waals surface area (Å²) in [5, 5.41) is 3.69. The van der Waals surface area contributed by atoms with Crippen LogP contribution in [-0.4, -0.2) is 49.3 Å². The van der Waals surface area contributed by atoms with Crippen molar-refractivity contribution in [1.82, 2.24) is 10.2 Å². The Hall–Kier alpha value is -0.120. The molecule has 0 radical (unpaired) electrons. The van der Waals surface area contributed by atoms with Gasteiger partial charge in [-0.2, -0.15) is 0 Å². The van der Waals surface area contributed by atoms with Crippen molar-refractivity contribution in [2.45, 2.75) is 64.1 Å². The summed E-state index contributed by atoms with van der Waals surface area (Å²) < 4.78 is 5.53. The molecule has 1 aliphatic heterocycles. The highest BCUT2D eigenvalue weighted by atomic mass is 16.5. The van der Waals surface area contributed by atoms with Gasteiger partial charge in [0.25, 0.3) is 0 Å². The average Bonchev–Trinajstić information content (AvgIpc) is 3.04. The maximum Gasteiger partial charge on any atom is 0.0518 e. The molecule has 3 nitrogen and oxygen atoms in total. The summed E-state index contributed by atoms with van der Waals surface area (Å²) in [5.41, 5.74) is 0. The van der Waals surface area contributed by atoms with Gasteiger partial charge in [0, 0.05) is 31.8 Å². The fourth-order valence-electron chi connectivity index (χ4n) is 2.58. The van der Waals surface area contributed by atoms with E-state index < -0.39 is 0 Å². The SMILES string of the molecule is CC(C)OCCCCNC1CCN(C2CC2)C1. The van der Waals surface area contributed by atoms with Gasteiger partial charge in [0.15, 0.2) is 0 Å². The molecule has 0 aromatic rings. The van der Waals surface area contributed by atoms with Gasteiger partial charge in [0.05, 0.1) is 6.10 Å². The molecule has 1 atom stereocenters. The van der Waals surface area contributed by atoms with E-state index in [1.54, 1.807) is 0 Å². The Kier molecular flexibility index (Phi) is 5.26. The van der Waals surface area contributed by atoms with Gasteiger partial charge in [-0.3, -0.25) is 4.90 Å². The van der Waals surface area contributed by atoms with Crippen molar-refractivity contribution in [1.29, 1.82) is 0 Å². The standard InChI is InChI=1S/C14H28N2O/c1-12(2)17-10-4-3-8-15-13-7-9-16(11-13)14-5-6-14/h12-15H,3-11H2,1-2H3. The number of hydrogen-bond acceptors (Lipinski definition) is 3. The highest BCUT2D eigenvalue weighted by molar-refractivity contribution is 4.91. The van der Waals surface area contributed by atoms with Gasteiger partial charge in [0.2, 0.25) is 0 Å². The second kappa shape index (κ2) is 6.72. The third kappa shape index (κ3) is 4.94. The van der Waals surface area contributed by atoms with E-state index in [1.165, 1.54) is 45.2 Å². The minimum absolute atomic E-state index is 0.380. The second-order valence-electron chi connectivity index (χ2n) is 5.79. The van der Waals surface area contributed by atoms with Crippen LogP contribution in [0.1, 0.15) is 46.0 Å². The Morgan fingerprint density at radius 2 is 2.06 bits per heavy atom. The molecule has 1 unspecified atom stereocenters. The topological polar surface area (TPSA) is 24.5 Å². The van der Waals surface area contributed by atoms with E-state index >= 15 is 0 Å². The van der Waals surface area contributed by atoms with Crippen molar-refractivity contribution >= 4 is 0 Å². The molecule has 1 aliphatic carbocycles. The molecule has 1 N–H and O–H groups in total. The molecule has 3 heteroatoms. The molecule has 2 aliphatic rings. The lowest BCUT2D eigenvalue weighted by atomic mass is 10.2. The molecule has 2 rings (SSSR count). The number of hydrogen-bond donors (Lipinski definition) is 1. The molecule has 1 heterocycles. The zero-order valence-electron chi connectivity index (χ0n) is 11.5. The van der Waals surface area contributed by atoms with Crippen LogP contribution in [0, 0.1) is 0 Å². The van der Waals surface area contributed by atoms with Crippen LogP contribution < -0.4 is 5.32 Å². The zero-order valence-corrected chi connectivity index (χ0v) is 11.5. The Bertz CT molecular complexity index is 216. The van der Waals surface area contributed by atoms with Crippen LogP contribution in [0.15, 0.2) is 0 Å². The largest absolute Gasteiger partial charge is 0.379 e. The highest BCUT2D eigenvalue weighted by Crippen LogP contribution is 2.29. The lowest BCUT2D eigenvalue weighted by Crippen LogP contribution is -2.33. The lowest BCUT2D eigenvalue weighted by molar-refractivity contribution is 0.0759. The Morgan fingerprint density at radius 1 is 1.24 bits per heavy atom. The van der Waals surface area contributed by atoms with Gasteiger partial charge >= 0.3 is 0 Å². The first-order chi connectivity index (χ1) is 8.25. The van der Waals surface area contributed by atoms with Gasteiger partial charge < -0.3 is 10.1 Å². The van der Waals surface area contributed by atoms with Crippen LogP contribution >= 0.6 is 0 Å². The zero-order chi connectivity index (χ0) is 12.1. The first-order valence-electron chi connectivity index (χ1n) is 7.34. The molecular formula is C14H28N2O. The Labute approximate surface area is 106 Å². The van der Waals surface area contributed by atoms with Crippen molar-refractivity contribution in [3.05, 3.63) is 0 Å². The number of nitrogens with zero attached hydrogens (tertiary/aromatic N) is 1. The molecule has 0 bridgehead atoms. The summed E-state index contributed by atoms with van der Waals surface area (Å²) in [6, 6.07) is 1.70. The number of unbranched alkanes of at least 4 members (excludes halogenated alkanes) is 1. The van der Waals surface area contributed by atoms with Gasteiger partial charge in [-0.15, -0.1) is 0 Å². The first kappa shape index (κ1) is 13.3. The van der Waals surface area contributed by atoms with E-state index in [0.717, 1.165) is 25.2 Å². The van der Waals surface area contributed by atoms with Gasteiger partial charge in [-0.25, -0.2) is 0 Å². The van der Waals surface area contributed by atoms with Crippen molar-refractivity contribution in [3.8, 4) is 0 Å². The highest BCUT2D eigenvalue weighted by Gasteiger charge is 2.33. The number of ether oxygens (including phenoxy) is 1. The van der Waals surface area contributed by atoms with Crippen molar-refractivity contribution < 1.29 is 4.74 Å². The first-order valence-corrected chi connectivity index (χ1v) is 7.34. The summed E-state index contributed by atoms with van der Waals surface area (Å²) in [4.78, 5) is 2.67.